The summed E-state index contributed by atoms with van der Waals surface area (Å²) in [5.74, 6) is 3.47. The number of aryl methyl sites for hydroxylation is 1. The summed E-state index contributed by atoms with van der Waals surface area (Å²) in [5, 5.41) is 0. The van der Waals surface area contributed by atoms with Crippen molar-refractivity contribution in [2.75, 3.05) is 14.2 Å². The number of pyridine rings is 1. The molecule has 0 radical (unpaired) electrons. The third-order valence-electron chi connectivity index (χ3n) is 8.55. The molecule has 2 aromatic rings. The molecule has 0 bridgehead atoms. The van der Waals surface area contributed by atoms with Crippen molar-refractivity contribution >= 4 is 0 Å². The Morgan fingerprint density at radius 1 is 1.14 bits per heavy atom. The Hall–Kier alpha value is -1.87. The molecule has 1 aromatic carbocycles. The van der Waals surface area contributed by atoms with Crippen LogP contribution in [0.3, 0.4) is 0 Å². The molecule has 29 heavy (non-hydrogen) atoms. The summed E-state index contributed by atoms with van der Waals surface area (Å²) in [7, 11) is 4.10. The highest BCUT2D eigenvalue weighted by Crippen LogP contribution is 2.61. The molecule has 1 heterocycles. The Kier molecular flexibility index (Phi) is 4.90. The summed E-state index contributed by atoms with van der Waals surface area (Å²) >= 11 is 0. The Labute approximate surface area is 175 Å². The highest BCUT2D eigenvalue weighted by molar-refractivity contribution is 5.40. The quantitative estimate of drug-likeness (QED) is 0.694. The van der Waals surface area contributed by atoms with Crippen molar-refractivity contribution in [3.8, 4) is 5.75 Å². The number of aromatic nitrogens is 1. The molecule has 3 aliphatic rings. The Morgan fingerprint density at radius 2 is 2.03 bits per heavy atom. The average molecular weight is 391 g/mol. The van der Waals surface area contributed by atoms with Gasteiger partial charge in [0.2, 0.25) is 0 Å². The maximum Gasteiger partial charge on any atom is 0.119 e. The van der Waals surface area contributed by atoms with Gasteiger partial charge in [-0.25, -0.2) is 0 Å². The van der Waals surface area contributed by atoms with Gasteiger partial charge < -0.3 is 4.74 Å². The van der Waals surface area contributed by atoms with Crippen LogP contribution in [-0.4, -0.2) is 30.1 Å². The molecule has 5 atom stereocenters. The summed E-state index contributed by atoms with van der Waals surface area (Å²) in [6.45, 7) is 3.56. The molecular weight excluding hydrogens is 356 g/mol. The van der Waals surface area contributed by atoms with Crippen molar-refractivity contribution < 1.29 is 4.74 Å². The predicted octanol–water partition coefficient (Wildman–Crippen LogP) is 5.45. The van der Waals surface area contributed by atoms with E-state index in [1.165, 1.54) is 49.8 Å². The summed E-state index contributed by atoms with van der Waals surface area (Å²) < 4.78 is 5.48. The summed E-state index contributed by atoms with van der Waals surface area (Å²) in [6.07, 6.45) is 9.90. The van der Waals surface area contributed by atoms with E-state index < -0.39 is 0 Å². The van der Waals surface area contributed by atoms with Gasteiger partial charge in [-0.15, -0.1) is 0 Å². The van der Waals surface area contributed by atoms with Gasteiger partial charge in [-0.3, -0.25) is 9.88 Å². The van der Waals surface area contributed by atoms with Gasteiger partial charge in [-0.05, 0) is 104 Å². The van der Waals surface area contributed by atoms with Gasteiger partial charge in [0.05, 0.1) is 12.8 Å². The summed E-state index contributed by atoms with van der Waals surface area (Å²) in [5.41, 5.74) is 4.79. The van der Waals surface area contributed by atoms with Crippen LogP contribution in [0.2, 0.25) is 0 Å². The van der Waals surface area contributed by atoms with Crippen LogP contribution in [0, 0.1) is 17.3 Å². The number of hydrogen-bond donors (Lipinski definition) is 0. The lowest BCUT2D eigenvalue weighted by atomic mass is 9.55. The molecule has 0 N–H and O–H groups in total. The number of benzene rings is 1. The third-order valence-corrected chi connectivity index (χ3v) is 8.55. The number of nitrogens with zero attached hydrogens (tertiary/aromatic N) is 2. The highest BCUT2D eigenvalue weighted by Gasteiger charge is 2.55. The van der Waals surface area contributed by atoms with E-state index in [0.717, 1.165) is 30.0 Å². The van der Waals surface area contributed by atoms with Gasteiger partial charge in [0, 0.05) is 18.8 Å². The molecule has 0 unspecified atom stereocenters. The number of hydrogen-bond acceptors (Lipinski definition) is 3. The van der Waals surface area contributed by atoms with E-state index >= 15 is 0 Å². The van der Waals surface area contributed by atoms with Gasteiger partial charge in [0.25, 0.3) is 0 Å². The molecule has 3 heteroatoms. The van der Waals surface area contributed by atoms with Crippen LogP contribution in [0.4, 0.5) is 0 Å². The first-order valence-electron chi connectivity index (χ1n) is 11.4. The van der Waals surface area contributed by atoms with Crippen molar-refractivity contribution in [2.24, 2.45) is 17.3 Å². The molecule has 3 aliphatic carbocycles. The minimum absolute atomic E-state index is 0.439. The van der Waals surface area contributed by atoms with Crippen molar-refractivity contribution in [3.63, 3.8) is 0 Å². The lowest BCUT2D eigenvalue weighted by Crippen LogP contribution is -2.49. The minimum atomic E-state index is 0.439. The maximum absolute atomic E-state index is 5.48. The number of fused-ring (bicyclic) bond motifs is 5. The van der Waals surface area contributed by atoms with Crippen LogP contribution in [0.1, 0.15) is 61.8 Å². The van der Waals surface area contributed by atoms with Crippen molar-refractivity contribution in [2.45, 2.75) is 64.0 Å². The van der Waals surface area contributed by atoms with Crippen molar-refractivity contribution in [3.05, 3.63) is 59.4 Å². The van der Waals surface area contributed by atoms with Gasteiger partial charge in [-0.1, -0.05) is 19.1 Å². The molecule has 3 nitrogen and oxygen atoms in total. The predicted molar refractivity (Wildman–Crippen MR) is 117 cm³/mol. The zero-order chi connectivity index (χ0) is 20.0. The van der Waals surface area contributed by atoms with E-state index in [2.05, 4.69) is 54.2 Å². The van der Waals surface area contributed by atoms with Crippen LogP contribution >= 0.6 is 0 Å². The fourth-order valence-electron chi connectivity index (χ4n) is 7.24. The molecule has 0 saturated heterocycles. The van der Waals surface area contributed by atoms with Gasteiger partial charge in [-0.2, -0.15) is 0 Å². The molecule has 2 fully saturated rings. The van der Waals surface area contributed by atoms with Gasteiger partial charge >= 0.3 is 0 Å². The zero-order valence-corrected chi connectivity index (χ0v) is 18.1. The second kappa shape index (κ2) is 7.43. The maximum atomic E-state index is 5.48. The first kappa shape index (κ1) is 19.1. The van der Waals surface area contributed by atoms with Crippen LogP contribution in [-0.2, 0) is 13.0 Å². The average Bonchev–Trinajstić information content (AvgIpc) is 3.11. The van der Waals surface area contributed by atoms with Crippen LogP contribution < -0.4 is 4.74 Å². The molecule has 5 rings (SSSR count). The molecule has 0 spiro atoms. The van der Waals surface area contributed by atoms with Gasteiger partial charge in [0.1, 0.15) is 5.75 Å². The molecule has 1 aromatic heterocycles. The molecule has 0 amide bonds. The van der Waals surface area contributed by atoms with E-state index in [0.29, 0.717) is 11.5 Å². The van der Waals surface area contributed by atoms with Crippen LogP contribution in [0.15, 0.2) is 42.6 Å². The highest BCUT2D eigenvalue weighted by atomic mass is 16.5. The standard InChI is InChI=1S/C26H34N2O/c1-26-14-13-22-21-10-8-20(29-3)16-18(21)7-9-23(22)24(26)11-12-25(26)28(2)17-19-6-4-5-15-27-19/h4-6,8,10,15-16,22-25H,7,9,11-14,17H2,1-3H3/t22-,23-,24+,25+,26+/m1/s1. The zero-order valence-electron chi connectivity index (χ0n) is 18.1. The topological polar surface area (TPSA) is 25.4 Å². The van der Waals surface area contributed by atoms with E-state index in [1.54, 1.807) is 12.7 Å². The monoisotopic (exact) mass is 390 g/mol. The lowest BCUT2D eigenvalue weighted by Gasteiger charge is -2.52. The van der Waals surface area contributed by atoms with Gasteiger partial charge in [0.15, 0.2) is 0 Å². The SMILES string of the molecule is COc1ccc2c(c1)CC[C@@H]1[C@@H]2CC[C@]2(C)[C@@H](N(C)Cc3ccccn3)CC[C@@H]12. The Morgan fingerprint density at radius 3 is 2.83 bits per heavy atom. The van der Waals surface area contributed by atoms with Crippen LogP contribution in [0.5, 0.6) is 5.75 Å². The Balaban J connectivity index is 1.36. The molecule has 0 aliphatic heterocycles. The fourth-order valence-corrected chi connectivity index (χ4v) is 7.24. The van der Waals surface area contributed by atoms with Crippen molar-refractivity contribution in [1.82, 2.24) is 9.88 Å². The smallest absolute Gasteiger partial charge is 0.119 e. The van der Waals surface area contributed by atoms with E-state index in [4.69, 9.17) is 4.74 Å². The fraction of sp³-hybridized carbons (Fsp3) is 0.577. The summed E-state index contributed by atoms with van der Waals surface area (Å²) in [6, 6.07) is 13.8. The number of methoxy groups -OCH3 is 1. The van der Waals surface area contributed by atoms with Crippen molar-refractivity contribution in [1.29, 1.82) is 0 Å². The lowest BCUT2D eigenvalue weighted by molar-refractivity contribution is 0.00500. The first-order chi connectivity index (χ1) is 14.1. The van der Waals surface area contributed by atoms with E-state index in [9.17, 15) is 0 Å². The normalized spacial score (nSPS) is 33.1. The third kappa shape index (κ3) is 3.18. The summed E-state index contributed by atoms with van der Waals surface area (Å²) in [4.78, 5) is 7.17. The Bertz CT molecular complexity index is 866. The minimum Gasteiger partial charge on any atom is -0.497 e. The number of ether oxygens (including phenoxy) is 1. The molecule has 2 saturated carbocycles. The number of rotatable bonds is 4. The molecule has 154 valence electrons. The second-order valence-electron chi connectivity index (χ2n) is 9.85. The first-order valence-corrected chi connectivity index (χ1v) is 11.4. The van der Waals surface area contributed by atoms with E-state index in [-0.39, 0.29) is 0 Å². The largest absolute Gasteiger partial charge is 0.497 e. The molecular formula is C26H34N2O. The second-order valence-corrected chi connectivity index (χ2v) is 9.85. The van der Waals surface area contributed by atoms with Crippen LogP contribution in [0.25, 0.3) is 0 Å². The van der Waals surface area contributed by atoms with E-state index in [1.807, 2.05) is 12.3 Å².